The first-order chi connectivity index (χ1) is 22.1. The predicted octanol–water partition coefficient (Wildman–Crippen LogP) is 4.42. The largest absolute Gasteiger partial charge is 0.501 e. The third-order valence-electron chi connectivity index (χ3n) is 8.28. The van der Waals surface area contributed by atoms with Crippen molar-refractivity contribution in [3.05, 3.63) is 132 Å². The fourth-order valence-electron chi connectivity index (χ4n) is 6.12. The van der Waals surface area contributed by atoms with Crippen LogP contribution in [-0.2, 0) is 20.3 Å². The average Bonchev–Trinajstić information content (AvgIpc) is 3.41. The fourth-order valence-corrected chi connectivity index (χ4v) is 10.7. The molecule has 1 aliphatic heterocycles. The van der Waals surface area contributed by atoms with Gasteiger partial charge in [-0.05, 0) is 27.5 Å². The quantitative estimate of drug-likeness (QED) is 0.134. The van der Waals surface area contributed by atoms with Gasteiger partial charge in [0.05, 0.1) is 25.6 Å². The molecule has 0 aliphatic carbocycles. The Balaban J connectivity index is 1.42. The predicted molar refractivity (Wildman–Crippen MR) is 181 cm³/mol. The second kappa shape index (κ2) is 14.4. The van der Waals surface area contributed by atoms with Gasteiger partial charge in [0.25, 0.3) is 14.2 Å². The van der Waals surface area contributed by atoms with Crippen LogP contribution in [0.25, 0.3) is 0 Å². The van der Waals surface area contributed by atoms with Gasteiger partial charge in [0.15, 0.2) is 0 Å². The number of aliphatic hydroxyl groups is 1. The molecule has 240 valence electrons. The summed E-state index contributed by atoms with van der Waals surface area (Å²) in [5.74, 6) is -0.263. The van der Waals surface area contributed by atoms with E-state index in [4.69, 9.17) is 13.9 Å². The van der Waals surface area contributed by atoms with E-state index in [1.807, 2.05) is 42.5 Å². The standard InChI is InChI=1S/C36H41N3O6Si/c1-5-43-22-21-27-23-32(37-34(41)26-15-9-6-10-16-26)38-35(42)39(27)33-24-30(40)31(45-33)25-44-46(36(2,3)4,28-17-11-7-12-18-28)29-19-13-8-14-20-29/h5-20,23,30-31,33,40H,1,21-22,24-25H2,2-4H3,(H,37,38,41,42)/t30?,31-,33-/m1/s1. The molecule has 3 aromatic carbocycles. The maximum Gasteiger partial charge on any atom is 0.351 e. The van der Waals surface area contributed by atoms with E-state index in [0.717, 1.165) is 10.4 Å². The Morgan fingerprint density at radius 3 is 2.20 bits per heavy atom. The summed E-state index contributed by atoms with van der Waals surface area (Å²) in [6.45, 7) is 10.5. The van der Waals surface area contributed by atoms with Crippen LogP contribution in [-0.4, -0.2) is 54.3 Å². The van der Waals surface area contributed by atoms with Crippen LogP contribution in [0.5, 0.6) is 0 Å². The number of amides is 1. The van der Waals surface area contributed by atoms with Gasteiger partial charge in [-0.25, -0.2) is 4.79 Å². The molecule has 1 saturated heterocycles. The molecule has 5 rings (SSSR count). The summed E-state index contributed by atoms with van der Waals surface area (Å²) < 4.78 is 20.2. The summed E-state index contributed by atoms with van der Waals surface area (Å²) in [6.07, 6.45) is -0.549. The highest BCUT2D eigenvalue weighted by atomic mass is 28.4. The van der Waals surface area contributed by atoms with Crippen molar-refractivity contribution in [2.75, 3.05) is 18.5 Å². The highest BCUT2D eigenvalue weighted by Crippen LogP contribution is 2.38. The van der Waals surface area contributed by atoms with Crippen LogP contribution >= 0.6 is 0 Å². The highest BCUT2D eigenvalue weighted by Gasteiger charge is 2.51. The Kier molecular flexibility index (Phi) is 10.3. The molecule has 1 fully saturated rings. The average molecular weight is 640 g/mol. The van der Waals surface area contributed by atoms with Crippen LogP contribution in [0.4, 0.5) is 5.82 Å². The van der Waals surface area contributed by atoms with Crippen molar-refractivity contribution < 1.29 is 23.8 Å². The van der Waals surface area contributed by atoms with E-state index in [-0.39, 0.29) is 36.4 Å². The van der Waals surface area contributed by atoms with E-state index >= 15 is 0 Å². The molecule has 2 heterocycles. The molecule has 1 amide bonds. The number of aromatic nitrogens is 2. The molecular formula is C36H41N3O6Si. The fraction of sp³-hybridized carbons (Fsp3) is 0.306. The number of aliphatic hydroxyl groups excluding tert-OH is 1. The minimum atomic E-state index is -2.88. The van der Waals surface area contributed by atoms with E-state index in [0.29, 0.717) is 17.7 Å². The lowest BCUT2D eigenvalue weighted by Gasteiger charge is -2.43. The first-order valence-electron chi connectivity index (χ1n) is 15.4. The molecule has 2 N–H and O–H groups in total. The zero-order chi connectivity index (χ0) is 32.7. The first-order valence-corrected chi connectivity index (χ1v) is 17.3. The van der Waals surface area contributed by atoms with Crippen LogP contribution in [0.15, 0.2) is 115 Å². The van der Waals surface area contributed by atoms with Gasteiger partial charge in [-0.3, -0.25) is 9.36 Å². The molecule has 1 aromatic heterocycles. The maximum absolute atomic E-state index is 13.5. The zero-order valence-electron chi connectivity index (χ0n) is 26.5. The molecule has 0 bridgehead atoms. The minimum Gasteiger partial charge on any atom is -0.501 e. The zero-order valence-corrected chi connectivity index (χ0v) is 27.5. The number of hydrogen-bond acceptors (Lipinski definition) is 7. The van der Waals surface area contributed by atoms with Crippen LogP contribution in [0.1, 0.15) is 49.5 Å². The number of anilines is 1. The van der Waals surface area contributed by atoms with Crippen molar-refractivity contribution in [2.45, 2.75) is 57.1 Å². The molecule has 0 spiro atoms. The summed E-state index contributed by atoms with van der Waals surface area (Å²) in [4.78, 5) is 30.4. The van der Waals surface area contributed by atoms with Gasteiger partial charge in [0.1, 0.15) is 18.1 Å². The van der Waals surface area contributed by atoms with Gasteiger partial charge < -0.3 is 24.3 Å². The lowest BCUT2D eigenvalue weighted by molar-refractivity contribution is -0.0436. The third kappa shape index (κ3) is 7.05. The Morgan fingerprint density at radius 1 is 1.04 bits per heavy atom. The minimum absolute atomic E-state index is 0.119. The number of hydrogen-bond donors (Lipinski definition) is 2. The normalized spacial score (nSPS) is 18.2. The highest BCUT2D eigenvalue weighted by molar-refractivity contribution is 6.99. The Bertz CT molecular complexity index is 1640. The third-order valence-corrected chi connectivity index (χ3v) is 13.3. The van der Waals surface area contributed by atoms with Gasteiger partial charge in [0.2, 0.25) is 0 Å². The number of ether oxygens (including phenoxy) is 2. The van der Waals surface area contributed by atoms with Crippen molar-refractivity contribution in [1.29, 1.82) is 0 Å². The van der Waals surface area contributed by atoms with Crippen LogP contribution in [0.3, 0.4) is 0 Å². The molecule has 4 aromatic rings. The number of nitrogens with zero attached hydrogens (tertiary/aromatic N) is 2. The van der Waals surface area contributed by atoms with Gasteiger partial charge in [-0.2, -0.15) is 4.98 Å². The number of nitrogens with one attached hydrogen (secondary N) is 1. The molecule has 46 heavy (non-hydrogen) atoms. The number of benzene rings is 3. The summed E-state index contributed by atoms with van der Waals surface area (Å²) in [5.41, 5.74) is 0.372. The summed E-state index contributed by atoms with van der Waals surface area (Å²) >= 11 is 0. The van der Waals surface area contributed by atoms with Crippen molar-refractivity contribution in [1.82, 2.24) is 9.55 Å². The van der Waals surface area contributed by atoms with E-state index in [1.165, 1.54) is 10.8 Å². The number of rotatable bonds is 12. The number of carbonyl (C=O) groups is 1. The van der Waals surface area contributed by atoms with Crippen molar-refractivity contribution in [3.63, 3.8) is 0 Å². The summed E-state index contributed by atoms with van der Waals surface area (Å²) in [6, 6.07) is 30.8. The lowest BCUT2D eigenvalue weighted by Crippen LogP contribution is -2.67. The van der Waals surface area contributed by atoms with E-state index in [2.05, 4.69) is 61.9 Å². The molecule has 9 nitrogen and oxygen atoms in total. The molecular weight excluding hydrogens is 598 g/mol. The SMILES string of the molecule is C=COCCc1cc(NC(=O)c2ccccc2)nc(=O)n1[C@H]1CC(O)[C@@H](CO[Si](c2ccccc2)(c2ccccc2)C(C)(C)C)O1. The van der Waals surface area contributed by atoms with E-state index in [9.17, 15) is 14.7 Å². The summed E-state index contributed by atoms with van der Waals surface area (Å²) in [5, 5.41) is 15.9. The van der Waals surface area contributed by atoms with E-state index < -0.39 is 32.4 Å². The number of carbonyl (C=O) groups excluding carboxylic acids is 1. The molecule has 1 aliphatic rings. The van der Waals surface area contributed by atoms with Crippen molar-refractivity contribution in [2.24, 2.45) is 0 Å². The smallest absolute Gasteiger partial charge is 0.351 e. The Morgan fingerprint density at radius 2 is 1.63 bits per heavy atom. The molecule has 0 radical (unpaired) electrons. The summed E-state index contributed by atoms with van der Waals surface area (Å²) in [7, 11) is -2.88. The van der Waals surface area contributed by atoms with Gasteiger partial charge in [0, 0.05) is 30.2 Å². The lowest BCUT2D eigenvalue weighted by atomic mass is 10.2. The van der Waals surface area contributed by atoms with E-state index in [1.54, 1.807) is 30.3 Å². The Hall–Kier alpha value is -4.35. The van der Waals surface area contributed by atoms with Gasteiger partial charge >= 0.3 is 5.69 Å². The first kappa shape index (κ1) is 33.0. The van der Waals surface area contributed by atoms with Crippen LogP contribution in [0.2, 0.25) is 5.04 Å². The van der Waals surface area contributed by atoms with Crippen LogP contribution < -0.4 is 21.4 Å². The second-order valence-corrected chi connectivity index (χ2v) is 16.6. The van der Waals surface area contributed by atoms with Crippen molar-refractivity contribution >= 4 is 30.4 Å². The van der Waals surface area contributed by atoms with Gasteiger partial charge in [-0.15, -0.1) is 0 Å². The van der Waals surface area contributed by atoms with Crippen LogP contribution in [0, 0.1) is 0 Å². The molecule has 10 heteroatoms. The maximum atomic E-state index is 13.5. The topological polar surface area (TPSA) is 112 Å². The molecule has 0 saturated carbocycles. The molecule has 3 atom stereocenters. The van der Waals surface area contributed by atoms with Gasteiger partial charge in [-0.1, -0.05) is 106 Å². The Labute approximate surface area is 270 Å². The monoisotopic (exact) mass is 639 g/mol. The second-order valence-electron chi connectivity index (χ2n) is 12.3. The van der Waals surface area contributed by atoms with Crippen molar-refractivity contribution in [3.8, 4) is 0 Å². The molecule has 1 unspecified atom stereocenters.